The Bertz CT molecular complexity index is 3560. The Labute approximate surface area is 479 Å². The number of nitrogens with one attached hydrogen (secondary N) is 3. The van der Waals surface area contributed by atoms with E-state index in [9.17, 15) is 14.4 Å². The number of fused-ring (bicyclic) bond motifs is 2. The summed E-state index contributed by atoms with van der Waals surface area (Å²) in [6.45, 7) is 13.8. The molecule has 7 nitrogen and oxygen atoms in total. The Morgan fingerprint density at radius 3 is 1.56 bits per heavy atom. The molecule has 13 heteroatoms. The van der Waals surface area contributed by atoms with Gasteiger partial charge >= 0.3 is 35.3 Å². The van der Waals surface area contributed by atoms with Gasteiger partial charge in [-0.15, -0.1) is 0 Å². The summed E-state index contributed by atoms with van der Waals surface area (Å²) in [5.41, 5.74) is 2.00. The van der Waals surface area contributed by atoms with E-state index >= 15 is 0 Å². The molecular formula is C65H65Cl2N4O3P3Pt+2. The first-order chi connectivity index (χ1) is 37.5. The van der Waals surface area contributed by atoms with E-state index in [1.165, 1.54) is 42.6 Å². The third-order valence-corrected chi connectivity index (χ3v) is 19.9. The van der Waals surface area contributed by atoms with Gasteiger partial charge < -0.3 is 10.6 Å². The molecule has 0 radical (unpaired) electrons. The first-order valence-electron chi connectivity index (χ1n) is 25.4. The van der Waals surface area contributed by atoms with Crippen LogP contribution in [0, 0.1) is 10.8 Å². The number of amides is 2. The van der Waals surface area contributed by atoms with Crippen LogP contribution in [0.15, 0.2) is 241 Å². The molecule has 2 aromatic heterocycles. The van der Waals surface area contributed by atoms with E-state index in [0.29, 0.717) is 5.82 Å². The van der Waals surface area contributed by atoms with Gasteiger partial charge in [-0.2, -0.15) is 0 Å². The van der Waals surface area contributed by atoms with Crippen molar-refractivity contribution >= 4 is 130 Å². The van der Waals surface area contributed by atoms with Gasteiger partial charge in [0.05, 0.1) is 30.6 Å². The van der Waals surface area contributed by atoms with Crippen LogP contribution in [0.1, 0.15) is 41.5 Å². The Balaban J connectivity index is 0.000000168. The van der Waals surface area contributed by atoms with Crippen LogP contribution in [-0.2, 0) is 26.1 Å². The van der Waals surface area contributed by atoms with Gasteiger partial charge in [0, 0.05) is 42.0 Å². The van der Waals surface area contributed by atoms with Gasteiger partial charge in [0.25, 0.3) is 5.56 Å². The molecule has 0 aliphatic rings. The zero-order chi connectivity index (χ0) is 55.7. The Hall–Kier alpha value is -6.12. The van der Waals surface area contributed by atoms with E-state index in [2.05, 4.69) is 186 Å². The summed E-state index contributed by atoms with van der Waals surface area (Å²) in [5, 5.41) is 17.9. The topological polar surface area (TPSA) is 104 Å². The number of halogens is 2. The molecule has 400 valence electrons. The first kappa shape index (κ1) is 59.5. The zero-order valence-corrected chi connectivity index (χ0v) is 51.4. The third kappa shape index (κ3) is 16.5. The van der Waals surface area contributed by atoms with Crippen LogP contribution in [0.4, 0.5) is 11.5 Å². The standard InChI is InChI=1S/C26H25N2OP.C21H16NOP.C18H22NOP.2ClH.Pt/c1-26(2,3)25(29)28-23-17-10-18-24(27-23)30(20-13-5-4-6-14-20)22-16-9-12-19-11-7-8-15-21(19)22;23-21-19-14-8-7-9-16(19)15-20(22-21)24(17-10-3-1-4-11-17)18-12-5-2-6-13-18;1-18(2,3)17(20)19-14-9-8-12-16(13-14)21(4)15-10-6-5-7-11-15;;;/h4-18H,1-3H3,(H,27,28,29);1-15H,(H,22,23);5-13H,1-4H3,(H,19,20);2*1H;/q;;;;;+2. The number of nitrogens with zero attached hydrogens (tertiary/aromatic N) is 1. The average Bonchev–Trinajstić information content (AvgIpc) is 3.45. The number of anilines is 2. The molecule has 0 aliphatic heterocycles. The number of carbonyl (C=O) groups excluding carboxylic acids is 2. The van der Waals surface area contributed by atoms with Gasteiger partial charge in [-0.05, 0) is 93.5 Å². The van der Waals surface area contributed by atoms with Crippen molar-refractivity contribution < 1.29 is 26.1 Å². The molecule has 2 amide bonds. The van der Waals surface area contributed by atoms with Gasteiger partial charge in [-0.3, -0.25) is 19.4 Å². The number of hydrogen-bond donors (Lipinski definition) is 3. The van der Waals surface area contributed by atoms with Crippen molar-refractivity contribution in [2.24, 2.45) is 10.8 Å². The number of aromatic amines is 1. The maximum atomic E-state index is 12.5. The van der Waals surface area contributed by atoms with Crippen LogP contribution in [0.3, 0.4) is 0 Å². The van der Waals surface area contributed by atoms with Crippen molar-refractivity contribution in [1.29, 1.82) is 0 Å². The van der Waals surface area contributed by atoms with Crippen LogP contribution in [0.25, 0.3) is 21.5 Å². The fourth-order valence-corrected chi connectivity index (χ4v) is 15.0. The second-order valence-electron chi connectivity index (χ2n) is 20.3. The Morgan fingerprint density at radius 2 is 0.974 bits per heavy atom. The molecule has 2 unspecified atom stereocenters. The number of carbonyl (C=O) groups is 2. The second kappa shape index (κ2) is 28.7. The fraction of sp³-hybridized carbons (Fsp3) is 0.138. The van der Waals surface area contributed by atoms with Crippen molar-refractivity contribution in [3.05, 3.63) is 247 Å². The maximum absolute atomic E-state index is 12.5. The Kier molecular flexibility index (Phi) is 21.9. The van der Waals surface area contributed by atoms with Gasteiger partial charge in [0.2, 0.25) is 11.8 Å². The SMILES string of the molecule is CC(C)(C)C(=O)Nc1cccc(P(c2ccccc2)c2cccc3ccccc23)n1.C[PH+](c1ccccc1)c1cccc(NC(=O)C(C)(C)C)c1.O=c1[nH]c([PH+](c2ccccc2)c2ccccc2)cc2ccccc12.[Cl][Pt][Cl]. The van der Waals surface area contributed by atoms with Crippen LogP contribution in [0.2, 0.25) is 0 Å². The molecule has 3 N–H and O–H groups in total. The van der Waals surface area contributed by atoms with Crippen molar-refractivity contribution in [2.45, 2.75) is 41.5 Å². The van der Waals surface area contributed by atoms with E-state index in [1.807, 2.05) is 114 Å². The zero-order valence-electron chi connectivity index (χ0n) is 44.7. The first-order valence-corrected chi connectivity index (χ1v) is 35.9. The number of rotatable bonds is 10. The van der Waals surface area contributed by atoms with Crippen molar-refractivity contribution in [3.8, 4) is 0 Å². The number of aromatic nitrogens is 2. The molecule has 0 aliphatic carbocycles. The van der Waals surface area contributed by atoms with E-state index in [1.54, 1.807) is 0 Å². The summed E-state index contributed by atoms with van der Waals surface area (Å²) in [7, 11) is 6.84. The van der Waals surface area contributed by atoms with Crippen LogP contribution in [0.5, 0.6) is 0 Å². The molecule has 0 bridgehead atoms. The van der Waals surface area contributed by atoms with E-state index in [-0.39, 0.29) is 22.8 Å². The van der Waals surface area contributed by atoms with Gasteiger partial charge in [-0.25, -0.2) is 4.98 Å². The Morgan fingerprint density at radius 1 is 0.513 bits per heavy atom. The molecule has 10 aromatic rings. The van der Waals surface area contributed by atoms with Crippen molar-refractivity contribution in [1.82, 2.24) is 9.97 Å². The summed E-state index contributed by atoms with van der Waals surface area (Å²) in [5.74, 6) is 0.599. The average molecular weight is 1310 g/mol. The van der Waals surface area contributed by atoms with Gasteiger partial charge in [0.15, 0.2) is 5.44 Å². The molecule has 0 spiro atoms. The third-order valence-electron chi connectivity index (χ3n) is 12.5. The normalized spacial score (nSPS) is 11.9. The van der Waals surface area contributed by atoms with E-state index in [0.717, 1.165) is 27.3 Å². The van der Waals surface area contributed by atoms with Crippen LogP contribution < -0.4 is 58.9 Å². The molecule has 2 atom stereocenters. The predicted molar refractivity (Wildman–Crippen MR) is 339 cm³/mol. The van der Waals surface area contributed by atoms with E-state index < -0.39 is 45.7 Å². The van der Waals surface area contributed by atoms with Crippen LogP contribution in [-0.4, -0.2) is 28.4 Å². The summed E-state index contributed by atoms with van der Waals surface area (Å²) in [4.78, 5) is 45.1. The summed E-state index contributed by atoms with van der Waals surface area (Å²) in [6, 6.07) is 80.8. The van der Waals surface area contributed by atoms with Crippen LogP contribution >= 0.6 is 42.6 Å². The second-order valence-corrected chi connectivity index (χ2v) is 30.5. The number of benzene rings is 8. The van der Waals surface area contributed by atoms with Gasteiger partial charge in [-0.1, -0.05) is 199 Å². The molecule has 0 saturated heterocycles. The molecule has 8 aromatic carbocycles. The molecule has 0 fully saturated rings. The summed E-state index contributed by atoms with van der Waals surface area (Å²) in [6.07, 6.45) is 0. The molecule has 2 heterocycles. The number of H-pyrrole nitrogens is 1. The minimum absolute atomic E-state index is 0.0162. The number of pyridine rings is 2. The number of hydrogen-bond acceptors (Lipinski definition) is 4. The molecule has 10 rings (SSSR count). The molecule has 78 heavy (non-hydrogen) atoms. The van der Waals surface area contributed by atoms with Crippen molar-refractivity contribution in [3.63, 3.8) is 0 Å². The fourth-order valence-electron chi connectivity index (χ4n) is 8.33. The van der Waals surface area contributed by atoms with Gasteiger partial charge in [0.1, 0.15) is 24.3 Å². The monoisotopic (exact) mass is 1310 g/mol. The predicted octanol–water partition coefficient (Wildman–Crippen LogP) is 12.8. The van der Waals surface area contributed by atoms with Crippen molar-refractivity contribution in [2.75, 3.05) is 17.3 Å². The summed E-state index contributed by atoms with van der Waals surface area (Å²) < 4.78 is 0. The van der Waals surface area contributed by atoms with E-state index in [4.69, 9.17) is 23.8 Å². The summed E-state index contributed by atoms with van der Waals surface area (Å²) >= 11 is -0.472. The quantitative estimate of drug-likeness (QED) is 0.119. The molecule has 0 saturated carbocycles. The molecular weight excluding hydrogens is 1240 g/mol. The minimum atomic E-state index is -1.25.